The third-order valence-electron chi connectivity index (χ3n) is 3.11. The summed E-state index contributed by atoms with van der Waals surface area (Å²) in [5.41, 5.74) is 5.07. The Balaban J connectivity index is 1.93. The van der Waals surface area contributed by atoms with Crippen molar-refractivity contribution in [3.63, 3.8) is 0 Å². The zero-order valence-corrected chi connectivity index (χ0v) is 12.9. The number of aliphatic carboxylic acids is 1. The van der Waals surface area contributed by atoms with E-state index in [2.05, 4.69) is 16.9 Å². The number of nitrogens with zero attached hydrogens (tertiary/aromatic N) is 2. The molecule has 0 amide bonds. The van der Waals surface area contributed by atoms with Crippen LogP contribution in [0.1, 0.15) is 21.7 Å². The maximum atomic E-state index is 10.5. The van der Waals surface area contributed by atoms with Crippen molar-refractivity contribution in [3.05, 3.63) is 57.6 Å². The Morgan fingerprint density at radius 2 is 2.05 bits per heavy atom. The first-order chi connectivity index (χ1) is 10.0. The van der Waals surface area contributed by atoms with Gasteiger partial charge in [0, 0.05) is 24.0 Å². The Labute approximate surface area is 128 Å². The molecule has 0 atom stereocenters. The van der Waals surface area contributed by atoms with Gasteiger partial charge in [0.15, 0.2) is 0 Å². The first-order valence-electron chi connectivity index (χ1n) is 6.62. The molecule has 0 saturated carbocycles. The van der Waals surface area contributed by atoms with Crippen LogP contribution in [0.4, 0.5) is 0 Å². The normalized spacial score (nSPS) is 11.4. The van der Waals surface area contributed by atoms with E-state index in [1.54, 1.807) is 17.4 Å². The molecular weight excluding hydrogens is 284 g/mol. The summed E-state index contributed by atoms with van der Waals surface area (Å²) in [6.07, 6.45) is 2.74. The van der Waals surface area contributed by atoms with Gasteiger partial charge in [-0.05, 0) is 31.2 Å². The lowest BCUT2D eigenvalue weighted by molar-refractivity contribution is -0.131. The van der Waals surface area contributed by atoms with Crippen LogP contribution in [0.3, 0.4) is 0 Å². The Hall–Kier alpha value is -1.98. The minimum Gasteiger partial charge on any atom is -0.478 e. The van der Waals surface area contributed by atoms with Gasteiger partial charge in [0.2, 0.25) is 0 Å². The van der Waals surface area contributed by atoms with Crippen LogP contribution in [0.5, 0.6) is 0 Å². The predicted octanol–water partition coefficient (Wildman–Crippen LogP) is 3.18. The van der Waals surface area contributed by atoms with E-state index in [0.29, 0.717) is 0 Å². The lowest BCUT2D eigenvalue weighted by Crippen LogP contribution is -2.17. The molecule has 0 saturated heterocycles. The minimum absolute atomic E-state index is 0.847. The molecule has 1 heterocycles. The fourth-order valence-corrected chi connectivity index (χ4v) is 2.85. The molecule has 1 aromatic heterocycles. The lowest BCUT2D eigenvalue weighted by atomic mass is 10.1. The fourth-order valence-electron chi connectivity index (χ4n) is 1.99. The van der Waals surface area contributed by atoms with Gasteiger partial charge >= 0.3 is 5.97 Å². The van der Waals surface area contributed by atoms with Crippen LogP contribution >= 0.6 is 11.3 Å². The van der Waals surface area contributed by atoms with Crippen molar-refractivity contribution in [2.75, 3.05) is 7.05 Å². The van der Waals surface area contributed by atoms with Gasteiger partial charge in [-0.1, -0.05) is 24.3 Å². The van der Waals surface area contributed by atoms with E-state index in [4.69, 9.17) is 5.11 Å². The summed E-state index contributed by atoms with van der Waals surface area (Å²) in [7, 11) is 2.08. The minimum atomic E-state index is -0.932. The SMILES string of the molecule is Cc1ncsc1CN(C)Cc1ccc(C=CC(=O)O)cc1. The van der Waals surface area contributed by atoms with Crippen molar-refractivity contribution in [2.45, 2.75) is 20.0 Å². The van der Waals surface area contributed by atoms with Crippen LogP contribution in [0, 0.1) is 6.92 Å². The lowest BCUT2D eigenvalue weighted by Gasteiger charge is -2.16. The molecule has 1 aromatic carbocycles. The number of carboxylic acid groups (broad SMARTS) is 1. The van der Waals surface area contributed by atoms with E-state index >= 15 is 0 Å². The molecule has 2 aromatic rings. The van der Waals surface area contributed by atoms with Gasteiger partial charge < -0.3 is 5.11 Å². The van der Waals surface area contributed by atoms with Crippen molar-refractivity contribution in [3.8, 4) is 0 Å². The molecule has 0 fully saturated rings. The van der Waals surface area contributed by atoms with Crippen LogP contribution in [0.2, 0.25) is 0 Å². The average Bonchev–Trinajstić information content (AvgIpc) is 2.83. The number of aromatic nitrogens is 1. The zero-order chi connectivity index (χ0) is 15.2. The Bertz CT molecular complexity index is 632. The van der Waals surface area contributed by atoms with E-state index in [1.807, 2.05) is 36.7 Å². The van der Waals surface area contributed by atoms with Gasteiger partial charge in [0.25, 0.3) is 0 Å². The van der Waals surface area contributed by atoms with Crippen LogP contribution < -0.4 is 0 Å². The van der Waals surface area contributed by atoms with Crippen molar-refractivity contribution in [1.29, 1.82) is 0 Å². The number of thiazole rings is 1. The predicted molar refractivity (Wildman–Crippen MR) is 85.1 cm³/mol. The van der Waals surface area contributed by atoms with Crippen LogP contribution in [-0.2, 0) is 17.9 Å². The van der Waals surface area contributed by atoms with Crippen LogP contribution in [0.25, 0.3) is 6.08 Å². The Kier molecular flexibility index (Phi) is 5.25. The Morgan fingerprint density at radius 1 is 1.33 bits per heavy atom. The summed E-state index contributed by atoms with van der Waals surface area (Å²) < 4.78 is 0. The molecule has 4 nitrogen and oxygen atoms in total. The van der Waals surface area contributed by atoms with E-state index in [-0.39, 0.29) is 0 Å². The summed E-state index contributed by atoms with van der Waals surface area (Å²) in [5.74, 6) is -0.932. The highest BCUT2D eigenvalue weighted by Gasteiger charge is 2.06. The molecule has 0 spiro atoms. The summed E-state index contributed by atoms with van der Waals surface area (Å²) in [6, 6.07) is 7.91. The molecule has 5 heteroatoms. The van der Waals surface area contributed by atoms with Gasteiger partial charge in [-0.25, -0.2) is 9.78 Å². The van der Waals surface area contributed by atoms with Gasteiger partial charge in [0.05, 0.1) is 11.2 Å². The molecule has 21 heavy (non-hydrogen) atoms. The van der Waals surface area contributed by atoms with Crippen LogP contribution in [-0.4, -0.2) is 28.0 Å². The van der Waals surface area contributed by atoms with E-state index in [0.717, 1.165) is 30.4 Å². The number of carbonyl (C=O) groups is 1. The highest BCUT2D eigenvalue weighted by Crippen LogP contribution is 2.16. The quantitative estimate of drug-likeness (QED) is 0.833. The summed E-state index contributed by atoms with van der Waals surface area (Å²) in [6.45, 7) is 3.76. The summed E-state index contributed by atoms with van der Waals surface area (Å²) >= 11 is 1.68. The van der Waals surface area contributed by atoms with E-state index in [1.165, 1.54) is 10.4 Å². The van der Waals surface area contributed by atoms with E-state index < -0.39 is 5.97 Å². The molecular formula is C16H18N2O2S. The zero-order valence-electron chi connectivity index (χ0n) is 12.1. The molecule has 0 aliphatic heterocycles. The van der Waals surface area contributed by atoms with Crippen LogP contribution in [0.15, 0.2) is 35.9 Å². The van der Waals surface area contributed by atoms with Crippen molar-refractivity contribution < 1.29 is 9.90 Å². The number of benzene rings is 1. The molecule has 1 N–H and O–H groups in total. The molecule has 0 unspecified atom stereocenters. The first-order valence-corrected chi connectivity index (χ1v) is 7.50. The van der Waals surface area contributed by atoms with Gasteiger partial charge in [0.1, 0.15) is 0 Å². The number of rotatable bonds is 6. The first kappa shape index (κ1) is 15.4. The molecule has 0 aliphatic rings. The number of carboxylic acids is 1. The average molecular weight is 302 g/mol. The summed E-state index contributed by atoms with van der Waals surface area (Å²) in [4.78, 5) is 18.3. The second-order valence-electron chi connectivity index (χ2n) is 4.95. The van der Waals surface area contributed by atoms with Gasteiger partial charge in [-0.3, -0.25) is 4.90 Å². The van der Waals surface area contributed by atoms with Gasteiger partial charge in [-0.2, -0.15) is 0 Å². The maximum absolute atomic E-state index is 10.5. The third-order valence-corrected chi connectivity index (χ3v) is 4.03. The second-order valence-corrected chi connectivity index (χ2v) is 5.89. The Morgan fingerprint density at radius 3 is 2.62 bits per heavy atom. The smallest absolute Gasteiger partial charge is 0.328 e. The molecule has 0 bridgehead atoms. The number of aryl methyl sites for hydroxylation is 1. The maximum Gasteiger partial charge on any atom is 0.328 e. The summed E-state index contributed by atoms with van der Waals surface area (Å²) in [5, 5.41) is 8.60. The van der Waals surface area contributed by atoms with Crippen molar-refractivity contribution >= 4 is 23.4 Å². The standard InChI is InChI=1S/C16H18N2O2S/c1-12-15(21-11-17-12)10-18(2)9-14-5-3-13(4-6-14)7-8-16(19)20/h3-8,11H,9-10H2,1-2H3,(H,19,20). The second kappa shape index (κ2) is 7.15. The highest BCUT2D eigenvalue weighted by atomic mass is 32.1. The monoisotopic (exact) mass is 302 g/mol. The largest absolute Gasteiger partial charge is 0.478 e. The number of hydrogen-bond donors (Lipinski definition) is 1. The molecule has 110 valence electrons. The van der Waals surface area contributed by atoms with Crippen molar-refractivity contribution in [2.24, 2.45) is 0 Å². The van der Waals surface area contributed by atoms with E-state index in [9.17, 15) is 4.79 Å². The topological polar surface area (TPSA) is 53.4 Å². The third kappa shape index (κ3) is 4.81. The number of hydrogen-bond acceptors (Lipinski definition) is 4. The molecule has 0 aliphatic carbocycles. The highest BCUT2D eigenvalue weighted by molar-refractivity contribution is 7.09. The molecule has 0 radical (unpaired) electrons. The van der Waals surface area contributed by atoms with Gasteiger partial charge in [-0.15, -0.1) is 11.3 Å². The fraction of sp³-hybridized carbons (Fsp3) is 0.250. The molecule has 2 rings (SSSR count). The van der Waals surface area contributed by atoms with Crippen molar-refractivity contribution in [1.82, 2.24) is 9.88 Å².